The Bertz CT molecular complexity index is 2170. The molecule has 2 aliphatic rings. The van der Waals surface area contributed by atoms with Crippen molar-refractivity contribution in [2.45, 2.75) is 60.4 Å². The van der Waals surface area contributed by atoms with Crippen molar-refractivity contribution in [2.24, 2.45) is 0 Å². The summed E-state index contributed by atoms with van der Waals surface area (Å²) in [6.07, 6.45) is 5.16. The number of allylic oxidation sites excluding steroid dienone is 2. The second kappa shape index (κ2) is 15.7. The van der Waals surface area contributed by atoms with Gasteiger partial charge >= 0.3 is 329 Å². The number of rotatable bonds is 8. The van der Waals surface area contributed by atoms with E-state index in [1.54, 1.807) is 22.3 Å². The number of halogens is 2. The van der Waals surface area contributed by atoms with Gasteiger partial charge in [0, 0.05) is 0 Å². The topological polar surface area (TPSA) is 0 Å². The molecule has 268 valence electrons. The summed E-state index contributed by atoms with van der Waals surface area (Å²) in [5, 5.41) is 3.04. The summed E-state index contributed by atoms with van der Waals surface area (Å²) in [7, 11) is -2.73. The van der Waals surface area contributed by atoms with Crippen LogP contribution in [0.3, 0.4) is 0 Å². The minimum absolute atomic E-state index is 0. The molecule has 0 fully saturated rings. The van der Waals surface area contributed by atoms with E-state index in [-0.39, 0.29) is 24.8 Å². The number of hydrogen-bond donors (Lipinski definition) is 0. The van der Waals surface area contributed by atoms with E-state index in [0.29, 0.717) is 7.25 Å². The molecule has 0 saturated heterocycles. The van der Waals surface area contributed by atoms with Crippen LogP contribution in [0.4, 0.5) is 0 Å². The SMILES string of the molecule is Cc1ccc(C2=Cc3c(-c4ccc([Si](C)(C)C)cc4)cccc3[CH]2[Zr+2][CH]2C(c3ccc(C)s3)=Cc3c(-c4ccc([Si](C)(C)C)cc4)cccc32)s1.[Cl-].[Cl-]. The molecule has 0 saturated carbocycles. The largest absolute Gasteiger partial charge is 1.00 e. The van der Waals surface area contributed by atoms with Crippen LogP contribution < -0.4 is 35.2 Å². The molecular weight excluding hydrogens is 835 g/mol. The maximum Gasteiger partial charge on any atom is -1.00 e. The van der Waals surface area contributed by atoms with Crippen LogP contribution in [0.5, 0.6) is 0 Å². The molecule has 4 aromatic carbocycles. The maximum atomic E-state index is 2.58. The van der Waals surface area contributed by atoms with Gasteiger partial charge in [0.15, 0.2) is 0 Å². The first kappa shape index (κ1) is 40.3. The van der Waals surface area contributed by atoms with Crippen molar-refractivity contribution in [3.8, 4) is 22.3 Å². The van der Waals surface area contributed by atoms with E-state index in [1.807, 2.05) is 22.7 Å². The van der Waals surface area contributed by atoms with Crippen LogP contribution in [0.1, 0.15) is 49.0 Å². The average Bonchev–Trinajstić information content (AvgIpc) is 3.90. The van der Waals surface area contributed by atoms with Crippen LogP contribution in [-0.4, -0.2) is 16.1 Å². The van der Waals surface area contributed by atoms with Crippen molar-refractivity contribution < 1.29 is 48.0 Å². The zero-order valence-electron chi connectivity index (χ0n) is 31.8. The second-order valence-corrected chi connectivity index (χ2v) is 32.7. The molecule has 0 spiro atoms. The predicted molar refractivity (Wildman–Crippen MR) is 229 cm³/mol. The van der Waals surface area contributed by atoms with Gasteiger partial charge in [0.05, 0.1) is 0 Å². The molecule has 0 radical (unpaired) electrons. The Morgan fingerprint density at radius 1 is 0.472 bits per heavy atom. The van der Waals surface area contributed by atoms with Crippen molar-refractivity contribution in [3.63, 3.8) is 0 Å². The van der Waals surface area contributed by atoms with Crippen LogP contribution in [0.2, 0.25) is 39.3 Å². The van der Waals surface area contributed by atoms with E-state index in [4.69, 9.17) is 0 Å². The van der Waals surface area contributed by atoms with Gasteiger partial charge in [0.25, 0.3) is 0 Å². The van der Waals surface area contributed by atoms with E-state index >= 15 is 0 Å². The summed E-state index contributed by atoms with van der Waals surface area (Å²) in [4.78, 5) is 5.67. The molecule has 2 atom stereocenters. The van der Waals surface area contributed by atoms with Gasteiger partial charge in [-0.1, -0.05) is 0 Å². The van der Waals surface area contributed by atoms with Crippen molar-refractivity contribution >= 4 is 72.5 Å². The zero-order valence-corrected chi connectivity index (χ0v) is 39.4. The van der Waals surface area contributed by atoms with E-state index in [1.165, 1.54) is 63.3 Å². The first-order chi connectivity index (χ1) is 24.3. The van der Waals surface area contributed by atoms with Gasteiger partial charge in [-0.15, -0.1) is 0 Å². The van der Waals surface area contributed by atoms with Gasteiger partial charge < -0.3 is 24.8 Å². The van der Waals surface area contributed by atoms with Gasteiger partial charge in [-0.05, 0) is 0 Å². The van der Waals surface area contributed by atoms with Crippen molar-refractivity contribution in [3.05, 3.63) is 151 Å². The third kappa shape index (κ3) is 7.88. The Balaban J connectivity index is 0.00000240. The number of benzene rings is 4. The van der Waals surface area contributed by atoms with E-state index < -0.39 is 39.4 Å². The Kier molecular flexibility index (Phi) is 11.9. The van der Waals surface area contributed by atoms with Gasteiger partial charge in [0.1, 0.15) is 0 Å². The molecule has 53 heavy (non-hydrogen) atoms. The summed E-state index contributed by atoms with van der Waals surface area (Å²) >= 11 is 2.75. The molecule has 2 aromatic heterocycles. The third-order valence-electron chi connectivity index (χ3n) is 10.6. The van der Waals surface area contributed by atoms with Gasteiger partial charge in [-0.3, -0.25) is 0 Å². The minimum Gasteiger partial charge on any atom is -1.00 e. The number of fused-ring (bicyclic) bond motifs is 2. The quantitative estimate of drug-likeness (QED) is 0.147. The standard InChI is InChI=1S/2C23H23SSi.2ClH.Zr/c2*1-16-8-13-23(24-16)19-14-18-6-5-7-21(22(18)15-19)17-9-11-20(12-10-17)25(2,3)4;;;/h2*5-15H,1-4H3;2*1H;/q;;;;+2/p-2. The molecule has 8 rings (SSSR count). The Morgan fingerprint density at radius 3 is 1.17 bits per heavy atom. The second-order valence-electron chi connectivity index (χ2n) is 16.3. The van der Waals surface area contributed by atoms with Crippen LogP contribution in [0.15, 0.2) is 109 Å². The molecule has 2 aliphatic carbocycles. The summed E-state index contributed by atoms with van der Waals surface area (Å²) in [5.41, 5.74) is 14.5. The predicted octanol–water partition coefficient (Wildman–Crippen LogP) is 6.83. The summed E-state index contributed by atoms with van der Waals surface area (Å²) < 4.78 is 0.950. The van der Waals surface area contributed by atoms with Crippen molar-refractivity contribution in [1.29, 1.82) is 0 Å². The maximum absolute atomic E-state index is 2.58. The smallest absolute Gasteiger partial charge is 1.00 e. The Labute approximate surface area is 350 Å². The fraction of sp³-hybridized carbons (Fsp3) is 0.217. The molecule has 0 nitrogen and oxygen atoms in total. The number of aryl methyl sites for hydroxylation is 2. The van der Waals surface area contributed by atoms with Crippen LogP contribution >= 0.6 is 22.7 Å². The fourth-order valence-corrected chi connectivity index (χ4v) is 17.4. The zero-order chi connectivity index (χ0) is 35.7. The van der Waals surface area contributed by atoms with Crippen LogP contribution in [0.25, 0.3) is 45.6 Å². The van der Waals surface area contributed by atoms with Gasteiger partial charge in [0.2, 0.25) is 0 Å². The average molecular weight is 881 g/mol. The van der Waals surface area contributed by atoms with Crippen LogP contribution in [0, 0.1) is 13.8 Å². The first-order valence-electron chi connectivity index (χ1n) is 18.2. The van der Waals surface area contributed by atoms with Gasteiger partial charge in [-0.2, -0.15) is 0 Å². The summed E-state index contributed by atoms with van der Waals surface area (Å²) in [6.45, 7) is 19.1. The minimum atomic E-state index is -1.37. The van der Waals surface area contributed by atoms with E-state index in [2.05, 4.69) is 174 Å². The first-order valence-corrected chi connectivity index (χ1v) is 29.6. The van der Waals surface area contributed by atoms with Gasteiger partial charge in [-0.25, -0.2) is 0 Å². The normalized spacial score (nSPS) is 16.2. The molecule has 2 heterocycles. The Morgan fingerprint density at radius 2 is 0.849 bits per heavy atom. The monoisotopic (exact) mass is 878 g/mol. The molecule has 2 unspecified atom stereocenters. The molecule has 0 amide bonds. The molecular formula is C46H46Cl2S2Si2Zr. The molecule has 0 aliphatic heterocycles. The van der Waals surface area contributed by atoms with Crippen molar-refractivity contribution in [1.82, 2.24) is 0 Å². The van der Waals surface area contributed by atoms with E-state index in [9.17, 15) is 0 Å². The molecule has 0 N–H and O–H groups in total. The van der Waals surface area contributed by atoms with E-state index in [0.717, 1.165) is 0 Å². The summed E-state index contributed by atoms with van der Waals surface area (Å²) in [5.74, 6) is 0. The summed E-state index contributed by atoms with van der Waals surface area (Å²) in [6, 6.07) is 42.8. The molecule has 7 heteroatoms. The number of hydrogen-bond acceptors (Lipinski definition) is 2. The van der Waals surface area contributed by atoms with Crippen molar-refractivity contribution in [2.75, 3.05) is 0 Å². The Hall–Kier alpha value is -2.34. The molecule has 6 aromatic rings. The molecule has 0 bridgehead atoms. The fourth-order valence-electron chi connectivity index (χ4n) is 7.74. The number of thiophene rings is 2. The third-order valence-corrected chi connectivity index (χ3v) is 21.6. The van der Waals surface area contributed by atoms with Crippen LogP contribution in [-0.2, 0) is 23.2 Å².